The molecule has 6 nitrogen and oxygen atoms in total. The highest BCUT2D eigenvalue weighted by molar-refractivity contribution is 8.15. The predicted octanol–water partition coefficient (Wildman–Crippen LogP) is 2.18. The van der Waals surface area contributed by atoms with E-state index < -0.39 is 0 Å². The van der Waals surface area contributed by atoms with Gasteiger partial charge in [0.1, 0.15) is 5.82 Å². The molecule has 0 spiro atoms. The highest BCUT2D eigenvalue weighted by atomic mass is 32.2. The van der Waals surface area contributed by atoms with E-state index in [9.17, 15) is 4.79 Å². The van der Waals surface area contributed by atoms with Crippen molar-refractivity contribution in [3.8, 4) is 0 Å². The Bertz CT molecular complexity index is 667. The number of aliphatic imine (C=N–C) groups is 1. The summed E-state index contributed by atoms with van der Waals surface area (Å²) in [5.74, 6) is 0.580. The first-order valence-corrected chi connectivity index (χ1v) is 9.00. The second-order valence-corrected chi connectivity index (χ2v) is 8.40. The zero-order chi connectivity index (χ0) is 17.3. The lowest BCUT2D eigenvalue weighted by Crippen LogP contribution is -2.48. The van der Waals surface area contributed by atoms with Gasteiger partial charge in [-0.3, -0.25) is 4.99 Å². The number of hydrogen-bond donors (Lipinski definition) is 0. The van der Waals surface area contributed by atoms with Crippen molar-refractivity contribution >= 4 is 28.7 Å². The van der Waals surface area contributed by atoms with Crippen LogP contribution in [-0.4, -0.2) is 65.6 Å². The van der Waals surface area contributed by atoms with Crippen LogP contribution < -0.4 is 4.90 Å². The van der Waals surface area contributed by atoms with Gasteiger partial charge in [0.15, 0.2) is 5.17 Å². The first-order chi connectivity index (χ1) is 11.4. The number of methoxy groups -OCH3 is 1. The summed E-state index contributed by atoms with van der Waals surface area (Å²) >= 11 is 1.87. The molecule has 1 aromatic heterocycles. The molecular weight excluding hydrogens is 324 g/mol. The Hall–Kier alpha value is -1.76. The molecule has 1 aromatic rings. The molecule has 130 valence electrons. The second kappa shape index (κ2) is 6.63. The van der Waals surface area contributed by atoms with Crippen LogP contribution in [0.25, 0.3) is 0 Å². The van der Waals surface area contributed by atoms with E-state index in [2.05, 4.69) is 33.6 Å². The number of rotatable bonds is 2. The lowest BCUT2D eigenvalue weighted by atomic mass is 10.2. The summed E-state index contributed by atoms with van der Waals surface area (Å²) in [5, 5.41) is 1.17. The van der Waals surface area contributed by atoms with Gasteiger partial charge in [-0.1, -0.05) is 11.8 Å². The van der Waals surface area contributed by atoms with Crippen molar-refractivity contribution in [3.63, 3.8) is 0 Å². The van der Waals surface area contributed by atoms with Crippen LogP contribution in [0.4, 0.5) is 5.82 Å². The van der Waals surface area contributed by atoms with Gasteiger partial charge in [-0.05, 0) is 32.9 Å². The number of thioether (sulfide) groups is 1. The standard InChI is InChI=1S/C17H24N4O2S/c1-12-13(15(22)23-4)5-6-14(19-12)20-7-9-21(10-8-20)16-18-11-17(2,3)24-16/h5-6H,7-11H2,1-4H3. The summed E-state index contributed by atoms with van der Waals surface area (Å²) in [6, 6.07) is 3.70. The number of carbonyl (C=O) groups excluding carboxylic acids is 1. The molecule has 0 atom stereocenters. The van der Waals surface area contributed by atoms with Gasteiger partial charge in [-0.2, -0.15) is 0 Å². The van der Waals surface area contributed by atoms with Crippen LogP contribution in [-0.2, 0) is 4.74 Å². The molecule has 3 rings (SSSR count). The molecule has 0 unspecified atom stereocenters. The molecule has 7 heteroatoms. The molecule has 3 heterocycles. The highest BCUT2D eigenvalue weighted by Gasteiger charge is 2.31. The fourth-order valence-corrected chi connectivity index (χ4v) is 3.97. The van der Waals surface area contributed by atoms with Gasteiger partial charge in [-0.25, -0.2) is 9.78 Å². The number of piperazine rings is 1. The smallest absolute Gasteiger partial charge is 0.339 e. The summed E-state index contributed by atoms with van der Waals surface area (Å²) < 4.78 is 4.99. The van der Waals surface area contributed by atoms with Crippen LogP contribution >= 0.6 is 11.8 Å². The average Bonchev–Trinajstić information content (AvgIpc) is 2.94. The van der Waals surface area contributed by atoms with E-state index in [0.717, 1.165) is 38.5 Å². The SMILES string of the molecule is COC(=O)c1ccc(N2CCN(C3=NCC(C)(C)S3)CC2)nc1C. The third-order valence-corrected chi connectivity index (χ3v) is 5.56. The molecule has 0 aliphatic carbocycles. The quantitative estimate of drug-likeness (QED) is 0.764. The fraction of sp³-hybridized carbons (Fsp3) is 0.588. The van der Waals surface area contributed by atoms with E-state index in [1.807, 2.05) is 24.8 Å². The number of esters is 1. The van der Waals surface area contributed by atoms with E-state index in [1.165, 1.54) is 12.3 Å². The van der Waals surface area contributed by atoms with Crippen LogP contribution in [0.3, 0.4) is 0 Å². The lowest BCUT2D eigenvalue weighted by molar-refractivity contribution is 0.0599. The monoisotopic (exact) mass is 348 g/mol. The van der Waals surface area contributed by atoms with Crippen molar-refractivity contribution in [1.29, 1.82) is 0 Å². The number of anilines is 1. The minimum absolute atomic E-state index is 0.217. The number of amidine groups is 1. The minimum Gasteiger partial charge on any atom is -0.465 e. The number of nitrogens with zero attached hydrogens (tertiary/aromatic N) is 4. The number of hydrogen-bond acceptors (Lipinski definition) is 7. The summed E-state index contributed by atoms with van der Waals surface area (Å²) in [6.07, 6.45) is 0. The van der Waals surface area contributed by atoms with Gasteiger partial charge >= 0.3 is 5.97 Å². The van der Waals surface area contributed by atoms with Gasteiger partial charge in [0.05, 0.1) is 24.9 Å². The molecule has 0 bridgehead atoms. The molecule has 0 amide bonds. The Balaban J connectivity index is 1.63. The Morgan fingerprint density at radius 1 is 1.21 bits per heavy atom. The maximum Gasteiger partial charge on any atom is 0.339 e. The van der Waals surface area contributed by atoms with Crippen molar-refractivity contribution in [3.05, 3.63) is 23.4 Å². The molecule has 0 radical (unpaired) electrons. The van der Waals surface area contributed by atoms with Gasteiger partial charge in [0, 0.05) is 30.9 Å². The second-order valence-electron chi connectivity index (χ2n) is 6.73. The van der Waals surface area contributed by atoms with Crippen LogP contribution in [0.15, 0.2) is 17.1 Å². The summed E-state index contributed by atoms with van der Waals surface area (Å²) in [7, 11) is 1.39. The average molecular weight is 348 g/mol. The van der Waals surface area contributed by atoms with Crippen molar-refractivity contribution in [2.75, 3.05) is 44.7 Å². The molecular formula is C17H24N4O2S. The van der Waals surface area contributed by atoms with Gasteiger partial charge in [-0.15, -0.1) is 0 Å². The maximum atomic E-state index is 11.7. The normalized spacial score (nSPS) is 20.1. The van der Waals surface area contributed by atoms with Crippen LogP contribution in [0, 0.1) is 6.92 Å². The Morgan fingerprint density at radius 2 is 1.88 bits per heavy atom. The number of ether oxygens (including phenoxy) is 1. The molecule has 1 fully saturated rings. The first kappa shape index (κ1) is 17.1. The maximum absolute atomic E-state index is 11.7. The Kier molecular flexibility index (Phi) is 4.71. The van der Waals surface area contributed by atoms with E-state index in [4.69, 9.17) is 4.74 Å². The number of carbonyl (C=O) groups is 1. The van der Waals surface area contributed by atoms with Gasteiger partial charge in [0.25, 0.3) is 0 Å². The molecule has 2 aliphatic heterocycles. The number of aryl methyl sites for hydroxylation is 1. The van der Waals surface area contributed by atoms with Gasteiger partial charge in [0.2, 0.25) is 0 Å². The van der Waals surface area contributed by atoms with E-state index in [1.54, 1.807) is 6.07 Å². The number of pyridine rings is 1. The van der Waals surface area contributed by atoms with Crippen LogP contribution in [0.1, 0.15) is 29.9 Å². The van der Waals surface area contributed by atoms with Crippen molar-refractivity contribution in [2.24, 2.45) is 4.99 Å². The summed E-state index contributed by atoms with van der Waals surface area (Å²) in [4.78, 5) is 25.6. The van der Waals surface area contributed by atoms with Crippen molar-refractivity contribution < 1.29 is 9.53 Å². The third-order valence-electron chi connectivity index (χ3n) is 4.31. The zero-order valence-corrected chi connectivity index (χ0v) is 15.5. The highest BCUT2D eigenvalue weighted by Crippen LogP contribution is 2.33. The largest absolute Gasteiger partial charge is 0.465 e. The predicted molar refractivity (Wildman–Crippen MR) is 98.1 cm³/mol. The van der Waals surface area contributed by atoms with Crippen LogP contribution in [0.2, 0.25) is 0 Å². The molecule has 0 saturated carbocycles. The molecule has 0 aromatic carbocycles. The zero-order valence-electron chi connectivity index (χ0n) is 14.7. The molecule has 1 saturated heterocycles. The Morgan fingerprint density at radius 3 is 2.42 bits per heavy atom. The summed E-state index contributed by atoms with van der Waals surface area (Å²) in [6.45, 7) is 10.9. The molecule has 2 aliphatic rings. The lowest BCUT2D eigenvalue weighted by Gasteiger charge is -2.36. The topological polar surface area (TPSA) is 58.0 Å². The number of aromatic nitrogens is 1. The van der Waals surface area contributed by atoms with E-state index in [-0.39, 0.29) is 10.7 Å². The van der Waals surface area contributed by atoms with Crippen molar-refractivity contribution in [2.45, 2.75) is 25.5 Å². The molecule has 0 N–H and O–H groups in total. The summed E-state index contributed by atoms with van der Waals surface area (Å²) in [5.41, 5.74) is 1.23. The fourth-order valence-electron chi connectivity index (χ4n) is 2.91. The third kappa shape index (κ3) is 3.50. The van der Waals surface area contributed by atoms with E-state index >= 15 is 0 Å². The van der Waals surface area contributed by atoms with Crippen molar-refractivity contribution in [1.82, 2.24) is 9.88 Å². The molecule has 24 heavy (non-hydrogen) atoms. The van der Waals surface area contributed by atoms with Crippen LogP contribution in [0.5, 0.6) is 0 Å². The minimum atomic E-state index is -0.338. The Labute approximate surface area is 147 Å². The first-order valence-electron chi connectivity index (χ1n) is 8.19. The van der Waals surface area contributed by atoms with E-state index in [0.29, 0.717) is 11.3 Å². The van der Waals surface area contributed by atoms with Gasteiger partial charge < -0.3 is 14.5 Å².